The van der Waals surface area contributed by atoms with Crippen LogP contribution in [0.1, 0.15) is 21.9 Å². The number of furan rings is 1. The van der Waals surface area contributed by atoms with Gasteiger partial charge in [0.25, 0.3) is 5.91 Å². The lowest BCUT2D eigenvalue weighted by Crippen LogP contribution is -2.21. The largest absolute Gasteiger partial charge is 0.452 e. The Bertz CT molecular complexity index is 918. The molecule has 0 spiro atoms. The molecule has 0 bridgehead atoms. The highest BCUT2D eigenvalue weighted by atomic mass is 79.9. The molecule has 0 aliphatic rings. The van der Waals surface area contributed by atoms with Crippen molar-refractivity contribution in [2.75, 3.05) is 11.9 Å². The number of nitrogens with zero attached hydrogens (tertiary/aromatic N) is 2. The van der Waals surface area contributed by atoms with Crippen LogP contribution in [0.3, 0.4) is 0 Å². The van der Waals surface area contributed by atoms with Gasteiger partial charge in [0.1, 0.15) is 5.76 Å². The van der Waals surface area contributed by atoms with Crippen molar-refractivity contribution in [3.8, 4) is 0 Å². The van der Waals surface area contributed by atoms with Crippen LogP contribution in [-0.4, -0.2) is 28.3 Å². The van der Waals surface area contributed by atoms with E-state index in [-0.39, 0.29) is 5.76 Å². The van der Waals surface area contributed by atoms with Crippen molar-refractivity contribution < 1.29 is 18.7 Å². The van der Waals surface area contributed by atoms with Gasteiger partial charge >= 0.3 is 5.97 Å². The molecule has 134 valence electrons. The molecule has 0 saturated carbocycles. The van der Waals surface area contributed by atoms with E-state index in [0.717, 1.165) is 10.0 Å². The molecule has 1 N–H and O–H groups in total. The zero-order chi connectivity index (χ0) is 18.5. The first-order valence-corrected chi connectivity index (χ1v) is 8.60. The number of carbonyl (C=O) groups excluding carboxylic acids is 2. The molecule has 8 heteroatoms. The molecule has 0 fully saturated rings. The number of ether oxygens (including phenoxy) is 1. The summed E-state index contributed by atoms with van der Waals surface area (Å²) in [6, 6.07) is 10.4. The highest BCUT2D eigenvalue weighted by Crippen LogP contribution is 2.20. The summed E-state index contributed by atoms with van der Waals surface area (Å²) in [5.74, 6) is -0.512. The van der Waals surface area contributed by atoms with Crippen LogP contribution >= 0.6 is 15.9 Å². The predicted molar refractivity (Wildman–Crippen MR) is 97.8 cm³/mol. The molecule has 0 aliphatic carbocycles. The zero-order valence-electron chi connectivity index (χ0n) is 13.9. The lowest BCUT2D eigenvalue weighted by atomic mass is 10.2. The summed E-state index contributed by atoms with van der Waals surface area (Å²) in [5, 5.41) is 6.76. The molecule has 0 aliphatic heterocycles. The fourth-order valence-electron chi connectivity index (χ4n) is 2.28. The average Bonchev–Trinajstić information content (AvgIpc) is 3.28. The maximum absolute atomic E-state index is 12.0. The van der Waals surface area contributed by atoms with Crippen molar-refractivity contribution in [3.05, 3.63) is 70.3 Å². The van der Waals surface area contributed by atoms with Gasteiger partial charge in [-0.25, -0.2) is 4.79 Å². The van der Waals surface area contributed by atoms with E-state index >= 15 is 0 Å². The molecule has 0 saturated heterocycles. The Balaban J connectivity index is 1.52. The van der Waals surface area contributed by atoms with Crippen LogP contribution in [0.5, 0.6) is 0 Å². The minimum Gasteiger partial charge on any atom is -0.452 e. The molecule has 0 radical (unpaired) electrons. The third kappa shape index (κ3) is 4.60. The van der Waals surface area contributed by atoms with E-state index < -0.39 is 18.5 Å². The van der Waals surface area contributed by atoms with Crippen LogP contribution in [0.25, 0.3) is 0 Å². The monoisotopic (exact) mass is 417 g/mol. The average molecular weight is 418 g/mol. The molecule has 26 heavy (non-hydrogen) atoms. The minimum atomic E-state index is -0.695. The lowest BCUT2D eigenvalue weighted by molar-refractivity contribution is -0.119. The molecule has 3 rings (SSSR count). The molecular formula is C18H16BrN3O4. The first-order valence-electron chi connectivity index (χ1n) is 7.80. The zero-order valence-corrected chi connectivity index (χ0v) is 15.5. The fourth-order valence-corrected chi connectivity index (χ4v) is 2.76. The number of carbonyl (C=O) groups is 2. The van der Waals surface area contributed by atoms with Gasteiger partial charge in [0.05, 0.1) is 6.54 Å². The summed E-state index contributed by atoms with van der Waals surface area (Å²) in [6.45, 7) is 1.88. The molecule has 3 aromatic rings. The number of nitrogens with one attached hydrogen (secondary N) is 1. The number of rotatable bonds is 6. The molecule has 1 aromatic carbocycles. The van der Waals surface area contributed by atoms with E-state index in [1.165, 1.54) is 6.07 Å². The summed E-state index contributed by atoms with van der Waals surface area (Å²) in [4.78, 5) is 24.0. The maximum Gasteiger partial charge on any atom is 0.374 e. The number of esters is 1. The SMILES string of the molecule is Cc1cc(Br)ccc1NC(=O)COC(=O)c1ccc(Cn2cccn2)o1. The van der Waals surface area contributed by atoms with Gasteiger partial charge in [0.2, 0.25) is 5.76 Å². The minimum absolute atomic E-state index is 0.0415. The van der Waals surface area contributed by atoms with Gasteiger partial charge in [-0.2, -0.15) is 5.10 Å². The second-order valence-electron chi connectivity index (χ2n) is 5.55. The number of anilines is 1. The van der Waals surface area contributed by atoms with E-state index in [2.05, 4.69) is 26.3 Å². The van der Waals surface area contributed by atoms with E-state index in [0.29, 0.717) is 18.0 Å². The summed E-state index contributed by atoms with van der Waals surface area (Å²) in [7, 11) is 0. The quantitative estimate of drug-likeness (QED) is 0.621. The molecule has 2 aromatic heterocycles. The third-order valence-corrected chi connectivity index (χ3v) is 4.03. The van der Waals surface area contributed by atoms with Crippen molar-refractivity contribution in [2.45, 2.75) is 13.5 Å². The van der Waals surface area contributed by atoms with E-state index in [1.54, 1.807) is 35.3 Å². The number of aryl methyl sites for hydroxylation is 1. The third-order valence-electron chi connectivity index (χ3n) is 3.54. The second kappa shape index (κ2) is 8.01. The van der Waals surface area contributed by atoms with Crippen LogP contribution in [0.4, 0.5) is 5.69 Å². The van der Waals surface area contributed by atoms with Crippen molar-refractivity contribution in [1.29, 1.82) is 0 Å². The number of hydrogen-bond donors (Lipinski definition) is 1. The number of amides is 1. The van der Waals surface area contributed by atoms with Crippen molar-refractivity contribution >= 4 is 33.5 Å². The molecule has 1 amide bonds. The standard InChI is InChI=1S/C18H16BrN3O4/c1-12-9-13(19)3-5-15(12)21-17(23)11-25-18(24)16-6-4-14(26-16)10-22-8-2-7-20-22/h2-9H,10-11H2,1H3,(H,21,23). The Kier molecular flexibility index (Phi) is 5.52. The number of benzene rings is 1. The van der Waals surface area contributed by atoms with E-state index in [4.69, 9.17) is 9.15 Å². The Hall–Kier alpha value is -2.87. The topological polar surface area (TPSA) is 86.4 Å². The molecular weight excluding hydrogens is 402 g/mol. The Morgan fingerprint density at radius 3 is 2.88 bits per heavy atom. The Morgan fingerprint density at radius 1 is 1.31 bits per heavy atom. The number of halogens is 1. The van der Waals surface area contributed by atoms with Gasteiger partial charge in [-0.1, -0.05) is 15.9 Å². The van der Waals surface area contributed by atoms with Gasteiger partial charge in [-0.3, -0.25) is 9.48 Å². The van der Waals surface area contributed by atoms with Crippen LogP contribution < -0.4 is 5.32 Å². The summed E-state index contributed by atoms with van der Waals surface area (Å²) in [5.41, 5.74) is 1.56. The summed E-state index contributed by atoms with van der Waals surface area (Å²) >= 11 is 3.36. The molecule has 7 nitrogen and oxygen atoms in total. The van der Waals surface area contributed by atoms with Crippen molar-refractivity contribution in [1.82, 2.24) is 9.78 Å². The van der Waals surface area contributed by atoms with Crippen LogP contribution in [0.15, 0.2) is 57.7 Å². The summed E-state index contributed by atoms with van der Waals surface area (Å²) in [6.07, 6.45) is 3.44. The predicted octanol–water partition coefficient (Wildman–Crippen LogP) is 3.39. The van der Waals surface area contributed by atoms with Gasteiger partial charge in [0.15, 0.2) is 6.61 Å². The van der Waals surface area contributed by atoms with E-state index in [1.807, 2.05) is 19.1 Å². The van der Waals surface area contributed by atoms with Gasteiger partial charge in [-0.05, 0) is 48.9 Å². The van der Waals surface area contributed by atoms with Gasteiger partial charge in [-0.15, -0.1) is 0 Å². The Labute approximate surface area is 158 Å². The van der Waals surface area contributed by atoms with Gasteiger partial charge in [0, 0.05) is 22.6 Å². The maximum atomic E-state index is 12.0. The van der Waals surface area contributed by atoms with Crippen molar-refractivity contribution in [3.63, 3.8) is 0 Å². The second-order valence-corrected chi connectivity index (χ2v) is 6.47. The van der Waals surface area contributed by atoms with Crippen molar-refractivity contribution in [2.24, 2.45) is 0 Å². The van der Waals surface area contributed by atoms with Crippen LogP contribution in [0, 0.1) is 6.92 Å². The number of hydrogen-bond acceptors (Lipinski definition) is 5. The molecule has 0 atom stereocenters. The highest BCUT2D eigenvalue weighted by molar-refractivity contribution is 9.10. The van der Waals surface area contributed by atoms with Gasteiger partial charge < -0.3 is 14.5 Å². The first kappa shape index (κ1) is 17.9. The summed E-state index contributed by atoms with van der Waals surface area (Å²) < 4.78 is 13.0. The van der Waals surface area contributed by atoms with E-state index in [9.17, 15) is 9.59 Å². The van der Waals surface area contributed by atoms with Crippen LogP contribution in [0.2, 0.25) is 0 Å². The first-order chi connectivity index (χ1) is 12.5. The Morgan fingerprint density at radius 2 is 2.15 bits per heavy atom. The molecule has 0 unspecified atom stereocenters. The smallest absolute Gasteiger partial charge is 0.374 e. The highest BCUT2D eigenvalue weighted by Gasteiger charge is 2.15. The number of aromatic nitrogens is 2. The normalized spacial score (nSPS) is 10.5. The fraction of sp³-hybridized carbons (Fsp3) is 0.167. The lowest BCUT2D eigenvalue weighted by Gasteiger charge is -2.08. The van der Waals surface area contributed by atoms with Crippen LogP contribution in [-0.2, 0) is 16.1 Å². The molecule has 2 heterocycles.